The Morgan fingerprint density at radius 2 is 1.00 bits per heavy atom. The van der Waals surface area contributed by atoms with E-state index in [0.29, 0.717) is 0 Å². The molecular weight excluding hydrogens is 400 g/mol. The van der Waals surface area contributed by atoms with Crippen molar-refractivity contribution in [1.29, 1.82) is 0 Å². The maximum Gasteiger partial charge on any atom is 0.215 e. The molecule has 30 heavy (non-hydrogen) atoms. The molecule has 0 amide bonds. The van der Waals surface area contributed by atoms with E-state index in [2.05, 4.69) is 33.3 Å². The second kappa shape index (κ2) is 22.0. The molecule has 184 valence electrons. The summed E-state index contributed by atoms with van der Waals surface area (Å²) in [6, 6.07) is 0. The van der Waals surface area contributed by atoms with Gasteiger partial charge >= 0.3 is 0 Å². The highest BCUT2D eigenvalue weighted by Crippen LogP contribution is 2.13. The van der Waals surface area contributed by atoms with Crippen molar-refractivity contribution in [2.75, 3.05) is 33.9 Å². The molecule has 0 fully saturated rings. The third kappa shape index (κ3) is 35.2. The quantitative estimate of drug-likeness (QED) is 0.0789. The average molecular weight is 453 g/mol. The molecule has 0 aliphatic heterocycles. The van der Waals surface area contributed by atoms with E-state index in [9.17, 15) is 0 Å². The van der Waals surface area contributed by atoms with Crippen LogP contribution in [-0.4, -0.2) is 55.9 Å². The van der Waals surface area contributed by atoms with Gasteiger partial charge in [-0.3, -0.25) is 9.87 Å². The smallest absolute Gasteiger partial charge is 0.215 e. The number of unbranched alkanes of at least 4 members (excludes halogenated alkanes) is 15. The fourth-order valence-corrected chi connectivity index (χ4v) is 3.29. The molecule has 0 spiro atoms. The van der Waals surface area contributed by atoms with Gasteiger partial charge in [-0.05, 0) is 13.3 Å². The standard InChI is InChI=1S/C23H51N2.H2O4S/c1-5-7-8-9-10-11-12-13-14-15-16-17-18-19-20-21-22-24-23-25(3,4)6-2;1-5(2,3)4/h24H,5-23H2,1-4H3;(H2,1,2,3,4)/q+1;/p-1. The summed E-state index contributed by atoms with van der Waals surface area (Å²) in [4.78, 5) is 0. The highest BCUT2D eigenvalue weighted by Gasteiger charge is 2.09. The van der Waals surface area contributed by atoms with Gasteiger partial charge in [-0.25, -0.2) is 8.42 Å². The van der Waals surface area contributed by atoms with Crippen LogP contribution in [0.5, 0.6) is 0 Å². The fourth-order valence-electron chi connectivity index (χ4n) is 3.29. The molecule has 0 rings (SSSR count). The summed E-state index contributed by atoms with van der Waals surface area (Å²) in [6.45, 7) is 8.06. The first-order valence-electron chi connectivity index (χ1n) is 12.3. The lowest BCUT2D eigenvalue weighted by atomic mass is 10.0. The molecule has 0 saturated heterocycles. The lowest BCUT2D eigenvalue weighted by Gasteiger charge is -2.28. The molecule has 0 aromatic heterocycles. The van der Waals surface area contributed by atoms with E-state index in [0.717, 1.165) is 11.2 Å². The van der Waals surface area contributed by atoms with Gasteiger partial charge in [0, 0.05) is 6.54 Å². The van der Waals surface area contributed by atoms with E-state index in [4.69, 9.17) is 17.5 Å². The van der Waals surface area contributed by atoms with Crippen LogP contribution < -0.4 is 5.32 Å². The Hall–Kier alpha value is -0.210. The molecule has 0 bridgehead atoms. The third-order valence-corrected chi connectivity index (χ3v) is 5.60. The average Bonchev–Trinajstić information content (AvgIpc) is 2.65. The lowest BCUT2D eigenvalue weighted by molar-refractivity contribution is -0.891. The van der Waals surface area contributed by atoms with Crippen molar-refractivity contribution in [1.82, 2.24) is 5.32 Å². The molecule has 0 radical (unpaired) electrons. The topological polar surface area (TPSA) is 89.5 Å². The number of hydrogen-bond donors (Lipinski definition) is 2. The Labute approximate surface area is 188 Å². The molecule has 0 aliphatic carbocycles. The zero-order valence-corrected chi connectivity index (χ0v) is 21.3. The number of rotatable bonds is 20. The Kier molecular flexibility index (Phi) is 23.4. The zero-order valence-electron chi connectivity index (χ0n) is 20.5. The summed E-state index contributed by atoms with van der Waals surface area (Å²) in [5.41, 5.74) is 0. The van der Waals surface area contributed by atoms with Crippen LogP contribution in [0.1, 0.15) is 117 Å². The van der Waals surface area contributed by atoms with Crippen molar-refractivity contribution in [2.24, 2.45) is 0 Å². The van der Waals surface area contributed by atoms with Crippen molar-refractivity contribution in [3.63, 3.8) is 0 Å². The van der Waals surface area contributed by atoms with Gasteiger partial charge < -0.3 is 9.04 Å². The van der Waals surface area contributed by atoms with Gasteiger partial charge in [-0.1, -0.05) is 103 Å². The molecule has 0 saturated carbocycles. The van der Waals surface area contributed by atoms with Crippen molar-refractivity contribution in [3.8, 4) is 0 Å². The number of nitrogens with one attached hydrogen (secondary N) is 1. The predicted octanol–water partition coefficient (Wildman–Crippen LogP) is 5.90. The highest BCUT2D eigenvalue weighted by atomic mass is 32.3. The van der Waals surface area contributed by atoms with Gasteiger partial charge in [0.1, 0.15) is 6.67 Å². The largest absolute Gasteiger partial charge is 0.726 e. The molecule has 0 aromatic carbocycles. The normalized spacial score (nSPS) is 11.9. The summed E-state index contributed by atoms with van der Waals surface area (Å²) < 4.78 is 33.9. The van der Waals surface area contributed by atoms with Crippen LogP contribution in [0.2, 0.25) is 0 Å². The summed E-state index contributed by atoms with van der Waals surface area (Å²) in [7, 11) is -0.332. The Balaban J connectivity index is 0. The molecule has 0 unspecified atom stereocenters. The molecule has 0 atom stereocenters. The van der Waals surface area contributed by atoms with Crippen molar-refractivity contribution >= 4 is 10.4 Å². The monoisotopic (exact) mass is 452 g/mol. The van der Waals surface area contributed by atoms with Gasteiger partial charge in [-0.2, -0.15) is 0 Å². The molecule has 2 N–H and O–H groups in total. The minimum Gasteiger partial charge on any atom is -0.726 e. The van der Waals surface area contributed by atoms with Gasteiger partial charge in [0.05, 0.1) is 20.6 Å². The minimum absolute atomic E-state index is 1.08. The molecule has 0 heterocycles. The van der Waals surface area contributed by atoms with Crippen LogP contribution in [-0.2, 0) is 10.4 Å². The van der Waals surface area contributed by atoms with Gasteiger partial charge in [-0.15, -0.1) is 0 Å². The summed E-state index contributed by atoms with van der Waals surface area (Å²) >= 11 is 0. The summed E-state index contributed by atoms with van der Waals surface area (Å²) in [6.07, 6.45) is 23.2. The molecule has 0 aromatic rings. The van der Waals surface area contributed by atoms with Crippen molar-refractivity contribution in [3.05, 3.63) is 0 Å². The van der Waals surface area contributed by atoms with Crippen LogP contribution >= 0.6 is 0 Å². The molecule has 6 nitrogen and oxygen atoms in total. The van der Waals surface area contributed by atoms with Crippen LogP contribution in [0.4, 0.5) is 0 Å². The predicted molar refractivity (Wildman–Crippen MR) is 127 cm³/mol. The van der Waals surface area contributed by atoms with E-state index in [-0.39, 0.29) is 0 Å². The number of nitrogens with zero attached hydrogens (tertiary/aromatic N) is 1. The lowest BCUT2D eigenvalue weighted by Crippen LogP contribution is -2.46. The minimum atomic E-state index is -4.92. The first-order chi connectivity index (χ1) is 14.1. The summed E-state index contributed by atoms with van der Waals surface area (Å²) in [5.74, 6) is 0. The number of quaternary nitrogens is 1. The van der Waals surface area contributed by atoms with E-state index in [1.807, 2.05) is 0 Å². The maximum absolute atomic E-state index is 8.63. The first kappa shape index (κ1) is 32.0. The van der Waals surface area contributed by atoms with Crippen LogP contribution in [0.3, 0.4) is 0 Å². The van der Waals surface area contributed by atoms with Crippen LogP contribution in [0.15, 0.2) is 0 Å². The van der Waals surface area contributed by atoms with E-state index >= 15 is 0 Å². The molecule has 0 aliphatic rings. The maximum atomic E-state index is 8.63. The van der Waals surface area contributed by atoms with Gasteiger partial charge in [0.25, 0.3) is 0 Å². The Morgan fingerprint density at radius 1 is 0.700 bits per heavy atom. The van der Waals surface area contributed by atoms with E-state index < -0.39 is 10.4 Å². The van der Waals surface area contributed by atoms with E-state index in [1.165, 1.54) is 116 Å². The second-order valence-electron chi connectivity index (χ2n) is 9.14. The zero-order chi connectivity index (χ0) is 23.1. The number of hydrogen-bond acceptors (Lipinski definition) is 4. The third-order valence-electron chi connectivity index (χ3n) is 5.60. The van der Waals surface area contributed by atoms with E-state index in [1.54, 1.807) is 0 Å². The van der Waals surface area contributed by atoms with Crippen LogP contribution in [0, 0.1) is 0 Å². The van der Waals surface area contributed by atoms with Gasteiger partial charge in [0.2, 0.25) is 10.4 Å². The fraction of sp³-hybridized carbons (Fsp3) is 1.00. The SMILES string of the molecule is CCCCCCCCCCCCCCCCCCNC[N+](C)(C)CC.O=S(=O)([O-])O. The summed E-state index contributed by atoms with van der Waals surface area (Å²) in [5, 5.41) is 3.60. The first-order valence-corrected chi connectivity index (χ1v) is 13.7. The Bertz CT molecular complexity index is 434. The Morgan fingerprint density at radius 3 is 1.30 bits per heavy atom. The molecular formula is C23H52N2O4S. The molecule has 7 heteroatoms. The second-order valence-corrected chi connectivity index (χ2v) is 10.00. The van der Waals surface area contributed by atoms with Crippen molar-refractivity contribution in [2.45, 2.75) is 117 Å². The highest BCUT2D eigenvalue weighted by molar-refractivity contribution is 7.79. The van der Waals surface area contributed by atoms with Crippen LogP contribution in [0.25, 0.3) is 0 Å². The van der Waals surface area contributed by atoms with Gasteiger partial charge in [0.15, 0.2) is 0 Å². The van der Waals surface area contributed by atoms with Crippen molar-refractivity contribution < 1.29 is 22.0 Å².